The van der Waals surface area contributed by atoms with E-state index in [2.05, 4.69) is 10.6 Å². The fourth-order valence-corrected chi connectivity index (χ4v) is 1.52. The molecule has 0 saturated heterocycles. The van der Waals surface area contributed by atoms with E-state index < -0.39 is 0 Å². The van der Waals surface area contributed by atoms with Gasteiger partial charge in [-0.3, -0.25) is 4.79 Å². The number of hydrogen-bond donors (Lipinski definition) is 2. The minimum absolute atomic E-state index is 0.0352. The maximum atomic E-state index is 13.0. The predicted molar refractivity (Wildman–Crippen MR) is 70.7 cm³/mol. The third-order valence-corrected chi connectivity index (χ3v) is 2.62. The summed E-state index contributed by atoms with van der Waals surface area (Å²) in [5.74, 6) is 0.145. The molecule has 1 amide bonds. The molecule has 3 nitrogen and oxygen atoms in total. The van der Waals surface area contributed by atoms with Crippen molar-refractivity contribution in [3.8, 4) is 0 Å². The van der Waals surface area contributed by atoms with Gasteiger partial charge in [0.05, 0.1) is 6.54 Å². The predicted octanol–water partition coefficient (Wildman–Crippen LogP) is 2.25. The quantitative estimate of drug-likeness (QED) is 0.815. The maximum absolute atomic E-state index is 13.0. The van der Waals surface area contributed by atoms with Crippen LogP contribution in [0.2, 0.25) is 0 Å². The molecular formula is C14H21FN2O. The van der Waals surface area contributed by atoms with E-state index >= 15 is 0 Å². The summed E-state index contributed by atoms with van der Waals surface area (Å²) in [6.45, 7) is 6.91. The van der Waals surface area contributed by atoms with Gasteiger partial charge >= 0.3 is 0 Å². The van der Waals surface area contributed by atoms with Crippen LogP contribution in [0.15, 0.2) is 24.3 Å². The lowest BCUT2D eigenvalue weighted by Gasteiger charge is -2.14. The third-order valence-electron chi connectivity index (χ3n) is 2.62. The lowest BCUT2D eigenvalue weighted by atomic mass is 10.1. The van der Waals surface area contributed by atoms with Crippen LogP contribution in [0.5, 0.6) is 0 Å². The Morgan fingerprint density at radius 2 is 2.06 bits per heavy atom. The van der Waals surface area contributed by atoms with E-state index in [0.717, 1.165) is 5.56 Å². The fraction of sp³-hybridized carbons (Fsp3) is 0.500. The first-order chi connectivity index (χ1) is 8.49. The van der Waals surface area contributed by atoms with E-state index in [1.807, 2.05) is 26.8 Å². The lowest BCUT2D eigenvalue weighted by molar-refractivity contribution is -0.120. The minimum atomic E-state index is -0.259. The number of hydrogen-bond acceptors (Lipinski definition) is 2. The molecule has 18 heavy (non-hydrogen) atoms. The summed E-state index contributed by atoms with van der Waals surface area (Å²) in [4.78, 5) is 11.5. The molecule has 0 aliphatic heterocycles. The van der Waals surface area contributed by atoms with Crippen LogP contribution in [0.25, 0.3) is 0 Å². The van der Waals surface area contributed by atoms with Gasteiger partial charge in [-0.2, -0.15) is 0 Å². The zero-order valence-electron chi connectivity index (χ0n) is 11.2. The van der Waals surface area contributed by atoms with Crippen molar-refractivity contribution in [1.82, 2.24) is 10.6 Å². The summed E-state index contributed by atoms with van der Waals surface area (Å²) in [7, 11) is 0. The molecule has 0 bridgehead atoms. The zero-order valence-corrected chi connectivity index (χ0v) is 11.2. The van der Waals surface area contributed by atoms with Crippen molar-refractivity contribution in [2.45, 2.75) is 26.8 Å². The van der Waals surface area contributed by atoms with Gasteiger partial charge in [-0.15, -0.1) is 0 Å². The van der Waals surface area contributed by atoms with Crippen molar-refractivity contribution >= 4 is 5.91 Å². The molecule has 1 atom stereocenters. The van der Waals surface area contributed by atoms with E-state index in [4.69, 9.17) is 0 Å². The second kappa shape index (κ2) is 7.11. The summed E-state index contributed by atoms with van der Waals surface area (Å²) in [6, 6.07) is 6.34. The highest BCUT2D eigenvalue weighted by atomic mass is 19.1. The molecule has 1 aromatic rings. The summed E-state index contributed by atoms with van der Waals surface area (Å²) >= 11 is 0. The Morgan fingerprint density at radius 3 is 2.67 bits per heavy atom. The summed E-state index contributed by atoms with van der Waals surface area (Å²) < 4.78 is 13.0. The molecule has 0 aromatic heterocycles. The molecule has 0 aliphatic rings. The van der Waals surface area contributed by atoms with Gasteiger partial charge in [0.25, 0.3) is 0 Å². The standard InChI is InChI=1S/C14H21FN2O/c1-10(2)8-17-14(18)9-16-11(3)12-5-4-6-13(15)7-12/h4-7,10-11,16H,8-9H2,1-3H3,(H,17,18). The fourth-order valence-electron chi connectivity index (χ4n) is 1.52. The Hall–Kier alpha value is -1.42. The second-order valence-electron chi connectivity index (χ2n) is 4.86. The van der Waals surface area contributed by atoms with Gasteiger partial charge in [0.1, 0.15) is 5.82 Å². The number of amides is 1. The molecule has 0 saturated carbocycles. The second-order valence-corrected chi connectivity index (χ2v) is 4.86. The van der Waals surface area contributed by atoms with E-state index in [1.54, 1.807) is 6.07 Å². The minimum Gasteiger partial charge on any atom is -0.355 e. The molecule has 1 aromatic carbocycles. The van der Waals surface area contributed by atoms with E-state index in [1.165, 1.54) is 12.1 Å². The number of rotatable bonds is 6. The van der Waals surface area contributed by atoms with Gasteiger partial charge in [0, 0.05) is 12.6 Å². The molecule has 2 N–H and O–H groups in total. The smallest absolute Gasteiger partial charge is 0.233 e. The van der Waals surface area contributed by atoms with Crippen LogP contribution in [0.1, 0.15) is 32.4 Å². The number of halogens is 1. The molecular weight excluding hydrogens is 231 g/mol. The summed E-state index contributed by atoms with van der Waals surface area (Å²) in [6.07, 6.45) is 0. The van der Waals surface area contributed by atoms with Crippen LogP contribution in [-0.4, -0.2) is 19.0 Å². The SMILES string of the molecule is CC(C)CNC(=O)CNC(C)c1cccc(F)c1. The molecule has 0 spiro atoms. The average Bonchev–Trinajstić information content (AvgIpc) is 2.33. The van der Waals surface area contributed by atoms with Crippen molar-refractivity contribution < 1.29 is 9.18 Å². The van der Waals surface area contributed by atoms with Gasteiger partial charge in [-0.05, 0) is 30.5 Å². The van der Waals surface area contributed by atoms with Crippen LogP contribution in [0, 0.1) is 11.7 Å². The molecule has 1 rings (SSSR count). The van der Waals surface area contributed by atoms with Crippen LogP contribution < -0.4 is 10.6 Å². The Kier molecular flexibility index (Phi) is 5.78. The normalized spacial score (nSPS) is 12.5. The summed E-state index contributed by atoms with van der Waals surface area (Å²) in [5, 5.41) is 5.90. The first-order valence-corrected chi connectivity index (χ1v) is 6.24. The molecule has 100 valence electrons. The zero-order chi connectivity index (χ0) is 13.5. The Morgan fingerprint density at radius 1 is 1.33 bits per heavy atom. The highest BCUT2D eigenvalue weighted by Gasteiger charge is 2.08. The summed E-state index contributed by atoms with van der Waals surface area (Å²) in [5.41, 5.74) is 0.839. The van der Waals surface area contributed by atoms with Crippen LogP contribution in [-0.2, 0) is 4.79 Å². The van der Waals surface area contributed by atoms with Crippen molar-refractivity contribution in [2.24, 2.45) is 5.92 Å². The monoisotopic (exact) mass is 252 g/mol. The van der Waals surface area contributed by atoms with E-state index in [-0.39, 0.29) is 24.3 Å². The number of carbonyl (C=O) groups is 1. The first kappa shape index (κ1) is 14.6. The van der Waals surface area contributed by atoms with E-state index in [0.29, 0.717) is 12.5 Å². The maximum Gasteiger partial charge on any atom is 0.233 e. The van der Waals surface area contributed by atoms with Gasteiger partial charge in [0.15, 0.2) is 0 Å². The molecule has 0 aliphatic carbocycles. The van der Waals surface area contributed by atoms with Gasteiger partial charge in [-0.1, -0.05) is 26.0 Å². The number of nitrogens with one attached hydrogen (secondary N) is 2. The van der Waals surface area contributed by atoms with Gasteiger partial charge < -0.3 is 10.6 Å². The third kappa shape index (κ3) is 5.27. The Labute approximate surface area is 108 Å². The number of benzene rings is 1. The highest BCUT2D eigenvalue weighted by molar-refractivity contribution is 5.78. The van der Waals surface area contributed by atoms with E-state index in [9.17, 15) is 9.18 Å². The van der Waals surface area contributed by atoms with Crippen LogP contribution >= 0.6 is 0 Å². The Balaban J connectivity index is 2.37. The van der Waals surface area contributed by atoms with Crippen molar-refractivity contribution in [1.29, 1.82) is 0 Å². The topological polar surface area (TPSA) is 41.1 Å². The largest absolute Gasteiger partial charge is 0.355 e. The molecule has 0 radical (unpaired) electrons. The lowest BCUT2D eigenvalue weighted by Crippen LogP contribution is -2.36. The first-order valence-electron chi connectivity index (χ1n) is 6.24. The van der Waals surface area contributed by atoms with Crippen molar-refractivity contribution in [2.75, 3.05) is 13.1 Å². The molecule has 1 unspecified atom stereocenters. The van der Waals surface area contributed by atoms with Crippen LogP contribution in [0.3, 0.4) is 0 Å². The average molecular weight is 252 g/mol. The van der Waals surface area contributed by atoms with Crippen molar-refractivity contribution in [3.63, 3.8) is 0 Å². The number of carbonyl (C=O) groups excluding carboxylic acids is 1. The molecule has 0 fully saturated rings. The van der Waals surface area contributed by atoms with Gasteiger partial charge in [0.2, 0.25) is 5.91 Å². The molecule has 4 heteroatoms. The molecule has 0 heterocycles. The highest BCUT2D eigenvalue weighted by Crippen LogP contribution is 2.12. The Bertz CT molecular complexity index is 393. The van der Waals surface area contributed by atoms with Crippen molar-refractivity contribution in [3.05, 3.63) is 35.6 Å². The van der Waals surface area contributed by atoms with Crippen LogP contribution in [0.4, 0.5) is 4.39 Å². The van der Waals surface area contributed by atoms with Gasteiger partial charge in [-0.25, -0.2) is 4.39 Å².